The maximum atomic E-state index is 13.0. The van der Waals surface area contributed by atoms with Gasteiger partial charge in [0.15, 0.2) is 5.60 Å². The van der Waals surface area contributed by atoms with Gasteiger partial charge in [0.05, 0.1) is 6.10 Å². The lowest BCUT2D eigenvalue weighted by Crippen LogP contribution is -2.50. The normalized spacial score (nSPS) is 21.8. The molecule has 24 heavy (non-hydrogen) atoms. The minimum absolute atomic E-state index is 0.110. The van der Waals surface area contributed by atoms with Gasteiger partial charge in [0.2, 0.25) is 0 Å². The van der Waals surface area contributed by atoms with E-state index >= 15 is 0 Å². The second-order valence-corrected chi connectivity index (χ2v) is 6.94. The molecular formula is C18H27FN2O3. The summed E-state index contributed by atoms with van der Waals surface area (Å²) >= 11 is 0. The van der Waals surface area contributed by atoms with E-state index in [1.165, 1.54) is 24.3 Å². The molecule has 0 saturated carbocycles. The fraction of sp³-hybridized carbons (Fsp3) is 0.611. The van der Waals surface area contributed by atoms with Crippen molar-refractivity contribution in [3.63, 3.8) is 0 Å². The Hall–Kier alpha value is -1.66. The minimum atomic E-state index is -1.02. The average molecular weight is 338 g/mol. The van der Waals surface area contributed by atoms with E-state index in [9.17, 15) is 9.18 Å². The van der Waals surface area contributed by atoms with Gasteiger partial charge in [0, 0.05) is 33.3 Å². The third kappa shape index (κ3) is 4.45. The topological polar surface area (TPSA) is 42.0 Å². The van der Waals surface area contributed by atoms with E-state index in [2.05, 4.69) is 4.90 Å². The summed E-state index contributed by atoms with van der Waals surface area (Å²) in [5, 5.41) is 0. The van der Waals surface area contributed by atoms with Gasteiger partial charge in [-0.05, 0) is 51.6 Å². The molecule has 2 rings (SSSR count). The molecule has 1 aliphatic heterocycles. The average Bonchev–Trinajstić information content (AvgIpc) is 2.88. The van der Waals surface area contributed by atoms with Crippen molar-refractivity contribution < 1.29 is 18.7 Å². The van der Waals surface area contributed by atoms with E-state index in [1.807, 2.05) is 7.05 Å². The van der Waals surface area contributed by atoms with Crippen LogP contribution in [-0.4, -0.2) is 67.7 Å². The number of likely N-dealkylation sites (N-methyl/N-ethyl adjacent to an activating group) is 2. The molecule has 1 fully saturated rings. The van der Waals surface area contributed by atoms with Gasteiger partial charge in [-0.25, -0.2) is 4.39 Å². The Labute approximate surface area is 143 Å². The molecular weight excluding hydrogens is 311 g/mol. The number of amides is 1. The van der Waals surface area contributed by atoms with E-state index in [0.717, 1.165) is 13.0 Å². The van der Waals surface area contributed by atoms with Crippen molar-refractivity contribution in [3.05, 3.63) is 30.1 Å². The number of rotatable bonds is 6. The van der Waals surface area contributed by atoms with Gasteiger partial charge in [0.25, 0.3) is 5.91 Å². The molecule has 0 aromatic heterocycles. The Kier molecular flexibility index (Phi) is 5.83. The number of methoxy groups -OCH3 is 1. The van der Waals surface area contributed by atoms with Crippen molar-refractivity contribution in [2.45, 2.75) is 38.0 Å². The summed E-state index contributed by atoms with van der Waals surface area (Å²) in [5.41, 5.74) is -1.02. The first-order valence-electron chi connectivity index (χ1n) is 8.16. The molecule has 0 spiro atoms. The van der Waals surface area contributed by atoms with Crippen molar-refractivity contribution in [2.24, 2.45) is 0 Å². The Morgan fingerprint density at radius 1 is 1.38 bits per heavy atom. The highest BCUT2D eigenvalue weighted by atomic mass is 19.1. The highest BCUT2D eigenvalue weighted by Crippen LogP contribution is 2.23. The first kappa shape index (κ1) is 18.7. The van der Waals surface area contributed by atoms with Crippen LogP contribution in [0.5, 0.6) is 5.75 Å². The van der Waals surface area contributed by atoms with Crippen molar-refractivity contribution in [2.75, 3.05) is 34.3 Å². The van der Waals surface area contributed by atoms with Crippen LogP contribution in [-0.2, 0) is 9.53 Å². The van der Waals surface area contributed by atoms with Crippen molar-refractivity contribution in [3.8, 4) is 5.75 Å². The molecule has 0 unspecified atom stereocenters. The zero-order chi connectivity index (χ0) is 17.9. The maximum Gasteiger partial charge on any atom is 0.265 e. The monoisotopic (exact) mass is 338 g/mol. The Balaban J connectivity index is 1.96. The van der Waals surface area contributed by atoms with Crippen LogP contribution in [0.2, 0.25) is 0 Å². The molecule has 134 valence electrons. The van der Waals surface area contributed by atoms with Crippen LogP contribution < -0.4 is 4.74 Å². The third-order valence-electron chi connectivity index (χ3n) is 4.52. The lowest BCUT2D eigenvalue weighted by atomic mass is 10.1. The molecule has 1 aliphatic rings. The summed E-state index contributed by atoms with van der Waals surface area (Å²) in [7, 11) is 5.55. The summed E-state index contributed by atoms with van der Waals surface area (Å²) in [6.45, 7) is 4.95. The van der Waals surface area contributed by atoms with Gasteiger partial charge in [-0.1, -0.05) is 0 Å². The summed E-state index contributed by atoms with van der Waals surface area (Å²) in [6, 6.07) is 5.96. The zero-order valence-electron chi connectivity index (χ0n) is 15.1. The molecule has 0 radical (unpaired) electrons. The molecule has 1 aromatic rings. The fourth-order valence-corrected chi connectivity index (χ4v) is 3.11. The van der Waals surface area contributed by atoms with Crippen molar-refractivity contribution in [1.82, 2.24) is 9.80 Å². The second kappa shape index (κ2) is 7.49. The molecule has 0 aliphatic carbocycles. The summed E-state index contributed by atoms with van der Waals surface area (Å²) in [5.74, 6) is 0.0299. The number of nitrogens with zero attached hydrogens (tertiary/aromatic N) is 2. The SMILES string of the molecule is CO[C@H]1C[C@@H](CN(C)C(=O)C(C)(C)Oc2ccc(F)cc2)N(C)C1. The van der Waals surface area contributed by atoms with Gasteiger partial charge in [-0.3, -0.25) is 9.69 Å². The van der Waals surface area contributed by atoms with Crippen LogP contribution in [0.3, 0.4) is 0 Å². The van der Waals surface area contributed by atoms with Gasteiger partial charge in [0.1, 0.15) is 11.6 Å². The van der Waals surface area contributed by atoms with E-state index in [-0.39, 0.29) is 23.9 Å². The lowest BCUT2D eigenvalue weighted by molar-refractivity contribution is -0.144. The van der Waals surface area contributed by atoms with Gasteiger partial charge < -0.3 is 14.4 Å². The number of likely N-dealkylation sites (tertiary alicyclic amines) is 1. The van der Waals surface area contributed by atoms with Crippen LogP contribution >= 0.6 is 0 Å². The first-order valence-corrected chi connectivity index (χ1v) is 8.16. The number of ether oxygens (including phenoxy) is 2. The van der Waals surface area contributed by atoms with Gasteiger partial charge in [-0.2, -0.15) is 0 Å². The number of carbonyl (C=O) groups is 1. The number of hydrogen-bond acceptors (Lipinski definition) is 4. The van der Waals surface area contributed by atoms with Gasteiger partial charge in [-0.15, -0.1) is 0 Å². The van der Waals surface area contributed by atoms with Crippen LogP contribution in [0, 0.1) is 5.82 Å². The number of carbonyl (C=O) groups excluding carboxylic acids is 1. The zero-order valence-corrected chi connectivity index (χ0v) is 15.1. The molecule has 1 amide bonds. The third-order valence-corrected chi connectivity index (χ3v) is 4.52. The van der Waals surface area contributed by atoms with Crippen LogP contribution in [0.15, 0.2) is 24.3 Å². The largest absolute Gasteiger partial charge is 0.478 e. The smallest absolute Gasteiger partial charge is 0.265 e. The summed E-state index contributed by atoms with van der Waals surface area (Å²) in [6.07, 6.45) is 1.12. The van der Waals surface area contributed by atoms with Crippen LogP contribution in [0.25, 0.3) is 0 Å². The van der Waals surface area contributed by atoms with E-state index in [4.69, 9.17) is 9.47 Å². The Morgan fingerprint density at radius 2 is 2.00 bits per heavy atom. The fourth-order valence-electron chi connectivity index (χ4n) is 3.11. The molecule has 1 saturated heterocycles. The van der Waals surface area contributed by atoms with E-state index < -0.39 is 5.60 Å². The Bertz CT molecular complexity index is 562. The quantitative estimate of drug-likeness (QED) is 0.797. The molecule has 1 heterocycles. The second-order valence-electron chi connectivity index (χ2n) is 6.94. The summed E-state index contributed by atoms with van der Waals surface area (Å²) < 4.78 is 24.2. The number of halogens is 1. The molecule has 0 bridgehead atoms. The first-order chi connectivity index (χ1) is 11.2. The van der Waals surface area contributed by atoms with Crippen molar-refractivity contribution in [1.29, 1.82) is 0 Å². The minimum Gasteiger partial charge on any atom is -0.478 e. The highest BCUT2D eigenvalue weighted by Gasteiger charge is 2.36. The van der Waals surface area contributed by atoms with Gasteiger partial charge >= 0.3 is 0 Å². The number of benzene rings is 1. The maximum absolute atomic E-state index is 13.0. The van der Waals surface area contributed by atoms with Crippen molar-refractivity contribution >= 4 is 5.91 Å². The molecule has 0 N–H and O–H groups in total. The highest BCUT2D eigenvalue weighted by molar-refractivity contribution is 5.84. The van der Waals surface area contributed by atoms with Crippen LogP contribution in [0.1, 0.15) is 20.3 Å². The lowest BCUT2D eigenvalue weighted by Gasteiger charge is -2.32. The standard InChI is InChI=1S/C18H27FN2O3/c1-18(2,24-15-8-6-13(19)7-9-15)17(22)21(4)11-14-10-16(23-5)12-20(14)3/h6-9,14,16H,10-12H2,1-5H3/t14-,16-/m0/s1. The molecule has 2 atom stereocenters. The summed E-state index contributed by atoms with van der Waals surface area (Å²) in [4.78, 5) is 16.7. The number of hydrogen-bond donors (Lipinski definition) is 0. The predicted octanol–water partition coefficient (Wildman–Crippen LogP) is 2.16. The molecule has 6 heteroatoms. The molecule has 5 nitrogen and oxygen atoms in total. The predicted molar refractivity (Wildman–Crippen MR) is 90.6 cm³/mol. The van der Waals surface area contributed by atoms with E-state index in [1.54, 1.807) is 32.9 Å². The van der Waals surface area contributed by atoms with Crippen LogP contribution in [0.4, 0.5) is 4.39 Å². The Morgan fingerprint density at radius 3 is 2.54 bits per heavy atom. The molecule has 1 aromatic carbocycles. The van der Waals surface area contributed by atoms with E-state index in [0.29, 0.717) is 12.3 Å².